The van der Waals surface area contributed by atoms with Crippen LogP contribution in [0.15, 0.2) is 60.7 Å². The maximum atomic E-state index is 13.4. The van der Waals surface area contributed by atoms with Crippen LogP contribution in [-0.2, 0) is 36.4 Å². The topological polar surface area (TPSA) is 84.9 Å². The molecule has 2 aromatic carbocycles. The second-order valence-corrected chi connectivity index (χ2v) is 11.2. The van der Waals surface area contributed by atoms with Crippen molar-refractivity contribution in [2.45, 2.75) is 64.6 Å². The van der Waals surface area contributed by atoms with Gasteiger partial charge in [-0.1, -0.05) is 60.7 Å². The van der Waals surface area contributed by atoms with Crippen LogP contribution in [0, 0.1) is 0 Å². The molecule has 1 unspecified atom stereocenters. The smallest absolute Gasteiger partial charge is 0.329 e. The molecule has 7 nitrogen and oxygen atoms in total. The number of ether oxygens (including phenoxy) is 1. The van der Waals surface area contributed by atoms with E-state index in [9.17, 15) is 14.2 Å². The maximum absolute atomic E-state index is 13.4. The van der Waals surface area contributed by atoms with Gasteiger partial charge in [0.1, 0.15) is 12.6 Å². The number of unbranched alkanes of at least 4 members (excludes halogenated alkanes) is 1. The Balaban J connectivity index is 1.52. The summed E-state index contributed by atoms with van der Waals surface area (Å²) < 4.78 is 24.5. The molecule has 0 bridgehead atoms. The summed E-state index contributed by atoms with van der Waals surface area (Å²) in [5.74, 6) is -0.658. The Bertz CT molecular complexity index is 986. The number of hydrogen-bond acceptors (Lipinski definition) is 5. The molecule has 35 heavy (non-hydrogen) atoms. The van der Waals surface area contributed by atoms with Crippen molar-refractivity contribution in [3.05, 3.63) is 71.8 Å². The van der Waals surface area contributed by atoms with Crippen molar-refractivity contribution >= 4 is 19.4 Å². The normalized spacial score (nSPS) is 18.1. The first-order valence-electron chi connectivity index (χ1n) is 12.5. The Morgan fingerprint density at radius 1 is 1.06 bits per heavy atom. The van der Waals surface area contributed by atoms with E-state index in [-0.39, 0.29) is 12.5 Å². The summed E-state index contributed by atoms with van der Waals surface area (Å²) in [6.07, 6.45) is 4.15. The third kappa shape index (κ3) is 8.31. The first kappa shape index (κ1) is 27.1. The molecule has 0 radical (unpaired) electrons. The minimum Gasteiger partial charge on any atom is -0.459 e. The fourth-order valence-corrected chi connectivity index (χ4v) is 6.46. The maximum Gasteiger partial charge on any atom is 0.329 e. The predicted octanol–water partition coefficient (Wildman–Crippen LogP) is 4.95. The fraction of sp³-hybridized carbons (Fsp3) is 0.481. The molecule has 1 fully saturated rings. The molecule has 1 aliphatic heterocycles. The molecule has 3 rings (SSSR count). The van der Waals surface area contributed by atoms with E-state index in [4.69, 9.17) is 9.26 Å². The number of esters is 1. The van der Waals surface area contributed by atoms with Gasteiger partial charge in [-0.25, -0.2) is 9.88 Å². The van der Waals surface area contributed by atoms with E-state index >= 15 is 0 Å². The van der Waals surface area contributed by atoms with Crippen LogP contribution >= 0.6 is 7.52 Å². The van der Waals surface area contributed by atoms with E-state index in [0.29, 0.717) is 25.7 Å². The summed E-state index contributed by atoms with van der Waals surface area (Å²) >= 11 is 0. The second kappa shape index (κ2) is 13.6. The van der Waals surface area contributed by atoms with Crippen LogP contribution in [-0.4, -0.2) is 48.2 Å². The number of hydrogen-bond donors (Lipinski definition) is 1. The summed E-state index contributed by atoms with van der Waals surface area (Å²) in [5, 5.41) is 2.98. The van der Waals surface area contributed by atoms with E-state index in [1.165, 1.54) is 5.56 Å². The van der Waals surface area contributed by atoms with Crippen molar-refractivity contribution in [1.82, 2.24) is 9.99 Å². The summed E-state index contributed by atoms with van der Waals surface area (Å²) in [7, 11) is -3.20. The molecule has 2 aromatic rings. The summed E-state index contributed by atoms with van der Waals surface area (Å²) in [5.41, 5.74) is 2.14. The number of amides is 1. The molecule has 8 heteroatoms. The Kier molecular flexibility index (Phi) is 10.5. The van der Waals surface area contributed by atoms with E-state index in [2.05, 4.69) is 17.2 Å². The van der Waals surface area contributed by atoms with E-state index in [1.807, 2.05) is 48.5 Å². The largest absolute Gasteiger partial charge is 0.459 e. The Morgan fingerprint density at radius 2 is 1.71 bits per heavy atom. The molecule has 0 saturated carbocycles. The van der Waals surface area contributed by atoms with Crippen LogP contribution in [0.1, 0.15) is 50.7 Å². The number of benzene rings is 2. The SMILES string of the molecule is CCOP(=O)(CCCCc1ccccc1)N[C@@H](C)C(=O)N1CCC[C@H]1C(=O)OCc1ccccc1. The van der Waals surface area contributed by atoms with Crippen LogP contribution < -0.4 is 5.09 Å². The van der Waals surface area contributed by atoms with Crippen molar-refractivity contribution in [3.8, 4) is 0 Å². The summed E-state index contributed by atoms with van der Waals surface area (Å²) in [6.45, 7) is 4.43. The molecular formula is C27H37N2O5P. The molecule has 1 N–H and O–H groups in total. The first-order chi connectivity index (χ1) is 16.9. The number of nitrogens with one attached hydrogen (secondary N) is 1. The minimum absolute atomic E-state index is 0.175. The van der Waals surface area contributed by atoms with Gasteiger partial charge < -0.3 is 14.2 Å². The zero-order valence-corrected chi connectivity index (χ0v) is 21.6. The Hall–Kier alpha value is -2.47. The lowest BCUT2D eigenvalue weighted by atomic mass is 10.1. The molecule has 1 amide bonds. The second-order valence-electron chi connectivity index (χ2n) is 8.89. The third-order valence-corrected chi connectivity index (χ3v) is 8.50. The van der Waals surface area contributed by atoms with Crippen LogP contribution in [0.4, 0.5) is 0 Å². The Labute approximate surface area is 208 Å². The monoisotopic (exact) mass is 500 g/mol. The standard InChI is InChI=1S/C27H37N2O5P/c1-3-34-35(32,20-11-10-15-23-13-6-4-7-14-23)28-22(2)26(30)29-19-12-18-25(29)27(31)33-21-24-16-8-5-9-17-24/h4-9,13-14,16-17,22,25H,3,10-12,15,18-21H2,1-2H3,(H,28,32)/t22-,25-,35?/m0/s1. The Morgan fingerprint density at radius 3 is 2.37 bits per heavy atom. The van der Waals surface area contributed by atoms with Gasteiger partial charge in [0.2, 0.25) is 5.91 Å². The molecule has 0 spiro atoms. The average Bonchev–Trinajstić information content (AvgIpc) is 3.36. The van der Waals surface area contributed by atoms with Gasteiger partial charge in [-0.05, 0) is 57.1 Å². The van der Waals surface area contributed by atoms with Gasteiger partial charge in [-0.2, -0.15) is 0 Å². The number of carbonyl (C=O) groups is 2. The molecule has 1 saturated heterocycles. The van der Waals surface area contributed by atoms with Gasteiger partial charge in [0, 0.05) is 12.7 Å². The third-order valence-electron chi connectivity index (χ3n) is 6.14. The molecule has 190 valence electrons. The minimum atomic E-state index is -3.20. The van der Waals surface area contributed by atoms with E-state index in [0.717, 1.165) is 31.2 Å². The number of rotatable bonds is 13. The molecule has 1 heterocycles. The highest BCUT2D eigenvalue weighted by atomic mass is 31.2. The van der Waals surface area contributed by atoms with Gasteiger partial charge in [-0.3, -0.25) is 9.36 Å². The van der Waals surface area contributed by atoms with Crippen molar-refractivity contribution < 1.29 is 23.4 Å². The summed E-state index contributed by atoms with van der Waals surface area (Å²) in [4.78, 5) is 27.5. The lowest BCUT2D eigenvalue weighted by Gasteiger charge is -2.29. The van der Waals surface area contributed by atoms with Crippen molar-refractivity contribution in [2.24, 2.45) is 0 Å². The van der Waals surface area contributed by atoms with Crippen LogP contribution in [0.25, 0.3) is 0 Å². The highest BCUT2D eigenvalue weighted by Crippen LogP contribution is 2.44. The van der Waals surface area contributed by atoms with Gasteiger partial charge in [0.25, 0.3) is 7.52 Å². The average molecular weight is 501 g/mol. The molecule has 0 aliphatic carbocycles. The lowest BCUT2D eigenvalue weighted by Crippen LogP contribution is -2.49. The van der Waals surface area contributed by atoms with Gasteiger partial charge in [0.15, 0.2) is 0 Å². The highest BCUT2D eigenvalue weighted by molar-refractivity contribution is 7.56. The zero-order chi connectivity index (χ0) is 25.1. The molecule has 0 aromatic heterocycles. The number of aryl methyl sites for hydroxylation is 1. The molecule has 1 aliphatic rings. The van der Waals surface area contributed by atoms with Crippen molar-refractivity contribution in [1.29, 1.82) is 0 Å². The first-order valence-corrected chi connectivity index (χ1v) is 14.3. The predicted molar refractivity (Wildman–Crippen MR) is 137 cm³/mol. The number of likely N-dealkylation sites (tertiary alicyclic amines) is 1. The van der Waals surface area contributed by atoms with Crippen LogP contribution in [0.2, 0.25) is 0 Å². The lowest BCUT2D eigenvalue weighted by molar-refractivity contribution is -0.154. The zero-order valence-electron chi connectivity index (χ0n) is 20.7. The van der Waals surface area contributed by atoms with E-state index in [1.54, 1.807) is 18.7 Å². The van der Waals surface area contributed by atoms with Crippen molar-refractivity contribution in [3.63, 3.8) is 0 Å². The quantitative estimate of drug-likeness (QED) is 0.238. The fourth-order valence-electron chi connectivity index (χ4n) is 4.37. The van der Waals surface area contributed by atoms with Gasteiger partial charge in [0.05, 0.1) is 12.6 Å². The number of carbonyl (C=O) groups excluding carboxylic acids is 2. The molecular weight excluding hydrogens is 463 g/mol. The highest BCUT2D eigenvalue weighted by Gasteiger charge is 2.38. The summed E-state index contributed by atoms with van der Waals surface area (Å²) in [6, 6.07) is 18.3. The van der Waals surface area contributed by atoms with Gasteiger partial charge >= 0.3 is 5.97 Å². The van der Waals surface area contributed by atoms with Gasteiger partial charge in [-0.15, -0.1) is 0 Å². The van der Waals surface area contributed by atoms with Crippen LogP contribution in [0.3, 0.4) is 0 Å². The number of nitrogens with zero attached hydrogens (tertiary/aromatic N) is 1. The van der Waals surface area contributed by atoms with E-state index < -0.39 is 25.6 Å². The molecule has 3 atom stereocenters. The van der Waals surface area contributed by atoms with Crippen LogP contribution in [0.5, 0.6) is 0 Å². The van der Waals surface area contributed by atoms with Crippen molar-refractivity contribution in [2.75, 3.05) is 19.3 Å².